The van der Waals surface area contributed by atoms with Crippen LogP contribution < -0.4 is 4.74 Å². The molecule has 2 atom stereocenters. The molecule has 0 aliphatic carbocycles. The van der Waals surface area contributed by atoms with Crippen molar-refractivity contribution >= 4 is 0 Å². The van der Waals surface area contributed by atoms with Crippen molar-refractivity contribution in [2.45, 2.75) is 18.6 Å². The van der Waals surface area contributed by atoms with Crippen molar-refractivity contribution in [3.05, 3.63) is 60.2 Å². The molecule has 0 spiro atoms. The van der Waals surface area contributed by atoms with Crippen molar-refractivity contribution in [1.82, 2.24) is 0 Å². The number of allylic oxidation sites excluding steroid dienone is 1. The van der Waals surface area contributed by atoms with Crippen LogP contribution in [0.15, 0.2) is 49.1 Å². The molecule has 4 heteroatoms. The average Bonchev–Trinajstić information content (AvgIpc) is 2.85. The summed E-state index contributed by atoms with van der Waals surface area (Å²) < 4.78 is 5.48. The maximum Gasteiger partial charge on any atom is 0.152 e. The summed E-state index contributed by atoms with van der Waals surface area (Å²) in [7, 11) is 0. The summed E-state index contributed by atoms with van der Waals surface area (Å²) >= 11 is 0. The quantitative estimate of drug-likeness (QED) is 0.759. The molecule has 2 aromatic carbocycles. The fraction of sp³-hybridized carbons (Fsp3) is 0.222. The van der Waals surface area contributed by atoms with Gasteiger partial charge in [0.05, 0.1) is 6.61 Å². The molecule has 0 amide bonds. The van der Waals surface area contributed by atoms with E-state index < -0.39 is 12.2 Å². The van der Waals surface area contributed by atoms with Crippen LogP contribution in [0.5, 0.6) is 11.5 Å². The van der Waals surface area contributed by atoms with E-state index in [9.17, 15) is 15.3 Å². The fourth-order valence-corrected chi connectivity index (χ4v) is 2.73. The van der Waals surface area contributed by atoms with Gasteiger partial charge in [0.15, 0.2) is 6.10 Å². The molecule has 1 unspecified atom stereocenters. The Hall–Kier alpha value is -2.30. The van der Waals surface area contributed by atoms with Crippen molar-refractivity contribution in [3.63, 3.8) is 0 Å². The standard InChI is InChI=1S/C18H18O4/c1-2-3-11-4-6-15(20)13(8-11)12-5-7-16-14(9-12)18(21)17(10-19)22-16/h2,4-9,17-21H,1,3,10H2/t17-,18?/m0/s1. The van der Waals surface area contributed by atoms with Crippen LogP contribution in [-0.4, -0.2) is 28.0 Å². The van der Waals surface area contributed by atoms with Gasteiger partial charge in [-0.1, -0.05) is 18.2 Å². The van der Waals surface area contributed by atoms with E-state index in [1.807, 2.05) is 24.3 Å². The number of aromatic hydroxyl groups is 1. The van der Waals surface area contributed by atoms with Gasteiger partial charge in [-0.3, -0.25) is 0 Å². The third-order valence-electron chi connectivity index (χ3n) is 3.89. The first-order valence-electron chi connectivity index (χ1n) is 7.16. The lowest BCUT2D eigenvalue weighted by molar-refractivity contribution is 0.0278. The van der Waals surface area contributed by atoms with E-state index in [1.165, 1.54) is 0 Å². The predicted octanol–water partition coefficient (Wildman–Crippen LogP) is 2.57. The molecule has 0 saturated carbocycles. The van der Waals surface area contributed by atoms with Gasteiger partial charge >= 0.3 is 0 Å². The van der Waals surface area contributed by atoms with Gasteiger partial charge in [0, 0.05) is 11.1 Å². The van der Waals surface area contributed by atoms with E-state index in [0.29, 0.717) is 16.9 Å². The molecular weight excluding hydrogens is 280 g/mol. The zero-order valence-corrected chi connectivity index (χ0v) is 12.1. The van der Waals surface area contributed by atoms with Crippen LogP contribution in [0, 0.1) is 0 Å². The summed E-state index contributed by atoms with van der Waals surface area (Å²) in [6.07, 6.45) is 1.03. The van der Waals surface area contributed by atoms with E-state index >= 15 is 0 Å². The van der Waals surface area contributed by atoms with E-state index in [-0.39, 0.29) is 12.4 Å². The summed E-state index contributed by atoms with van der Waals surface area (Å²) in [5.74, 6) is 0.747. The maximum absolute atomic E-state index is 10.2. The van der Waals surface area contributed by atoms with Crippen molar-refractivity contribution in [3.8, 4) is 22.6 Å². The normalized spacial score (nSPS) is 19.5. The number of hydrogen-bond donors (Lipinski definition) is 3. The number of ether oxygens (including phenoxy) is 1. The molecule has 2 aromatic rings. The Bertz CT molecular complexity index is 708. The van der Waals surface area contributed by atoms with E-state index in [1.54, 1.807) is 18.2 Å². The first-order valence-corrected chi connectivity index (χ1v) is 7.16. The highest BCUT2D eigenvalue weighted by molar-refractivity contribution is 5.72. The molecule has 4 nitrogen and oxygen atoms in total. The summed E-state index contributed by atoms with van der Waals surface area (Å²) in [5.41, 5.74) is 3.17. The van der Waals surface area contributed by atoms with Gasteiger partial charge in [-0.25, -0.2) is 0 Å². The molecule has 114 valence electrons. The highest BCUT2D eigenvalue weighted by Gasteiger charge is 2.32. The molecule has 0 radical (unpaired) electrons. The lowest BCUT2D eigenvalue weighted by Crippen LogP contribution is -2.22. The molecule has 0 bridgehead atoms. The lowest BCUT2D eigenvalue weighted by Gasteiger charge is -2.10. The number of aliphatic hydroxyl groups excluding tert-OH is 2. The van der Waals surface area contributed by atoms with Crippen LogP contribution >= 0.6 is 0 Å². The largest absolute Gasteiger partial charge is 0.507 e. The van der Waals surface area contributed by atoms with Crippen molar-refractivity contribution in [2.75, 3.05) is 6.61 Å². The third-order valence-corrected chi connectivity index (χ3v) is 3.89. The van der Waals surface area contributed by atoms with Crippen LogP contribution in [0.25, 0.3) is 11.1 Å². The number of rotatable bonds is 4. The Morgan fingerprint density at radius 2 is 2.00 bits per heavy atom. The molecule has 3 N–H and O–H groups in total. The molecule has 1 aliphatic heterocycles. The van der Waals surface area contributed by atoms with Crippen LogP contribution in [0.1, 0.15) is 17.2 Å². The Morgan fingerprint density at radius 3 is 2.73 bits per heavy atom. The van der Waals surface area contributed by atoms with E-state index in [2.05, 4.69) is 6.58 Å². The second-order valence-corrected chi connectivity index (χ2v) is 5.38. The Labute approximate surface area is 128 Å². The molecular formula is C18H18O4. The summed E-state index contributed by atoms with van der Waals surface area (Å²) in [4.78, 5) is 0. The lowest BCUT2D eigenvalue weighted by atomic mass is 9.97. The molecule has 1 heterocycles. The van der Waals surface area contributed by atoms with Crippen LogP contribution in [0.2, 0.25) is 0 Å². The fourth-order valence-electron chi connectivity index (χ4n) is 2.73. The minimum Gasteiger partial charge on any atom is -0.507 e. The summed E-state index contributed by atoms with van der Waals surface area (Å²) in [5, 5.41) is 29.5. The van der Waals surface area contributed by atoms with Gasteiger partial charge < -0.3 is 20.1 Å². The zero-order valence-electron chi connectivity index (χ0n) is 12.1. The maximum atomic E-state index is 10.2. The second kappa shape index (κ2) is 5.83. The predicted molar refractivity (Wildman–Crippen MR) is 83.9 cm³/mol. The van der Waals surface area contributed by atoms with Gasteiger partial charge in [0.2, 0.25) is 0 Å². The molecule has 1 aliphatic rings. The molecule has 22 heavy (non-hydrogen) atoms. The smallest absolute Gasteiger partial charge is 0.152 e. The number of phenols is 1. The topological polar surface area (TPSA) is 69.9 Å². The van der Waals surface area contributed by atoms with E-state index in [0.717, 1.165) is 17.5 Å². The highest BCUT2D eigenvalue weighted by Crippen LogP contribution is 2.40. The number of aliphatic hydroxyl groups is 2. The molecule has 0 fully saturated rings. The number of phenolic OH excluding ortho intramolecular Hbond substituents is 1. The highest BCUT2D eigenvalue weighted by atomic mass is 16.5. The minimum absolute atomic E-state index is 0.180. The number of fused-ring (bicyclic) bond motifs is 1. The monoisotopic (exact) mass is 298 g/mol. The zero-order chi connectivity index (χ0) is 15.7. The van der Waals surface area contributed by atoms with Crippen LogP contribution in [-0.2, 0) is 6.42 Å². The van der Waals surface area contributed by atoms with Crippen LogP contribution in [0.3, 0.4) is 0 Å². The summed E-state index contributed by atoms with van der Waals surface area (Å²) in [6.45, 7) is 3.48. The SMILES string of the molecule is C=CCc1ccc(O)c(-c2ccc3c(c2)C(O)[C@H](CO)O3)c1. The molecule has 3 rings (SSSR count). The van der Waals surface area contributed by atoms with Gasteiger partial charge in [0.1, 0.15) is 17.6 Å². The Kier molecular flexibility index (Phi) is 3.88. The molecule has 0 saturated heterocycles. The van der Waals surface area contributed by atoms with Gasteiger partial charge in [-0.2, -0.15) is 0 Å². The minimum atomic E-state index is -0.863. The first-order chi connectivity index (χ1) is 10.6. The Balaban J connectivity index is 2.02. The Morgan fingerprint density at radius 1 is 1.18 bits per heavy atom. The van der Waals surface area contributed by atoms with Gasteiger partial charge in [-0.15, -0.1) is 6.58 Å². The second-order valence-electron chi connectivity index (χ2n) is 5.38. The number of benzene rings is 2. The third kappa shape index (κ3) is 2.47. The average molecular weight is 298 g/mol. The van der Waals surface area contributed by atoms with Gasteiger partial charge in [-0.05, 0) is 41.8 Å². The number of hydrogen-bond acceptors (Lipinski definition) is 4. The first kappa shape index (κ1) is 14.6. The summed E-state index contributed by atoms with van der Waals surface area (Å²) in [6, 6.07) is 10.8. The van der Waals surface area contributed by atoms with Gasteiger partial charge in [0.25, 0.3) is 0 Å². The van der Waals surface area contributed by atoms with Crippen LogP contribution in [0.4, 0.5) is 0 Å². The van der Waals surface area contributed by atoms with Crippen molar-refractivity contribution < 1.29 is 20.1 Å². The van der Waals surface area contributed by atoms with Crippen molar-refractivity contribution in [1.29, 1.82) is 0 Å². The van der Waals surface area contributed by atoms with Crippen molar-refractivity contribution in [2.24, 2.45) is 0 Å². The molecule has 0 aromatic heterocycles. The van der Waals surface area contributed by atoms with E-state index in [4.69, 9.17) is 4.74 Å².